The van der Waals surface area contributed by atoms with Gasteiger partial charge in [0, 0.05) is 29.9 Å². The third-order valence-electron chi connectivity index (χ3n) is 2.72. The fourth-order valence-corrected chi connectivity index (χ4v) is 2.57. The summed E-state index contributed by atoms with van der Waals surface area (Å²) in [6.07, 6.45) is 1.60. The van der Waals surface area contributed by atoms with Gasteiger partial charge in [0.05, 0.1) is 9.50 Å². The lowest BCUT2D eigenvalue weighted by molar-refractivity contribution is 0.458. The van der Waals surface area contributed by atoms with E-state index < -0.39 is 0 Å². The first-order chi connectivity index (χ1) is 9.95. The first kappa shape index (κ1) is 16.6. The molecule has 0 saturated heterocycles. The Kier molecular flexibility index (Phi) is 5.88. The molecule has 1 aromatic heterocycles. The summed E-state index contributed by atoms with van der Waals surface area (Å²) in [7, 11) is 0. The first-order valence-electron chi connectivity index (χ1n) is 6.46. The van der Waals surface area contributed by atoms with Crippen LogP contribution in [-0.2, 0) is 6.54 Å². The Morgan fingerprint density at radius 2 is 2.05 bits per heavy atom. The lowest BCUT2D eigenvalue weighted by Crippen LogP contribution is -2.22. The Morgan fingerprint density at radius 3 is 2.71 bits per heavy atom. The van der Waals surface area contributed by atoms with Crippen LogP contribution < -0.4 is 10.1 Å². The van der Waals surface area contributed by atoms with Crippen molar-refractivity contribution in [3.05, 3.63) is 50.5 Å². The SMILES string of the molecule is CC(C)NCc1cc(Oc2ccc(Cl)cc2Br)ncc1Cl. The van der Waals surface area contributed by atoms with Crippen LogP contribution in [0.3, 0.4) is 0 Å². The zero-order valence-corrected chi connectivity index (χ0v) is 14.8. The Labute approximate surface area is 142 Å². The molecule has 1 heterocycles. The monoisotopic (exact) mass is 388 g/mol. The highest BCUT2D eigenvalue weighted by molar-refractivity contribution is 9.10. The molecule has 2 aromatic rings. The standard InChI is InChI=1S/C15H15BrCl2N2O/c1-9(2)19-7-10-5-15(20-8-13(10)18)21-14-4-3-11(17)6-12(14)16/h3-6,8-9,19H,7H2,1-2H3. The summed E-state index contributed by atoms with van der Waals surface area (Å²) in [6.45, 7) is 4.83. The highest BCUT2D eigenvalue weighted by Gasteiger charge is 2.08. The van der Waals surface area contributed by atoms with E-state index in [9.17, 15) is 0 Å². The van der Waals surface area contributed by atoms with E-state index in [-0.39, 0.29) is 0 Å². The van der Waals surface area contributed by atoms with E-state index in [2.05, 4.69) is 40.1 Å². The molecule has 3 nitrogen and oxygen atoms in total. The zero-order chi connectivity index (χ0) is 15.4. The number of aromatic nitrogens is 1. The third kappa shape index (κ3) is 4.85. The highest BCUT2D eigenvalue weighted by Crippen LogP contribution is 2.32. The zero-order valence-electron chi connectivity index (χ0n) is 11.7. The van der Waals surface area contributed by atoms with Gasteiger partial charge in [-0.3, -0.25) is 0 Å². The van der Waals surface area contributed by atoms with Crippen molar-refractivity contribution in [3.63, 3.8) is 0 Å². The largest absolute Gasteiger partial charge is 0.438 e. The minimum absolute atomic E-state index is 0.379. The number of hydrogen-bond acceptors (Lipinski definition) is 3. The number of benzene rings is 1. The van der Waals surface area contributed by atoms with Crippen molar-refractivity contribution in [3.8, 4) is 11.6 Å². The molecule has 0 bridgehead atoms. The van der Waals surface area contributed by atoms with Gasteiger partial charge in [-0.15, -0.1) is 0 Å². The number of nitrogens with one attached hydrogen (secondary N) is 1. The molecule has 0 atom stereocenters. The smallest absolute Gasteiger partial charge is 0.219 e. The number of pyridine rings is 1. The molecule has 1 N–H and O–H groups in total. The second kappa shape index (κ2) is 7.45. The van der Waals surface area contributed by atoms with Crippen LogP contribution in [0.25, 0.3) is 0 Å². The summed E-state index contributed by atoms with van der Waals surface area (Å²) >= 11 is 15.5. The molecular weight excluding hydrogens is 375 g/mol. The predicted octanol–water partition coefficient (Wildman–Crippen LogP) is 5.44. The van der Waals surface area contributed by atoms with Crippen molar-refractivity contribution < 1.29 is 4.74 Å². The quantitative estimate of drug-likeness (QED) is 0.738. The Hall–Kier alpha value is -0.810. The van der Waals surface area contributed by atoms with Gasteiger partial charge in [0.1, 0.15) is 5.75 Å². The van der Waals surface area contributed by atoms with Crippen molar-refractivity contribution >= 4 is 39.1 Å². The maximum absolute atomic E-state index is 6.15. The van der Waals surface area contributed by atoms with Gasteiger partial charge >= 0.3 is 0 Å². The predicted molar refractivity (Wildman–Crippen MR) is 90.4 cm³/mol. The highest BCUT2D eigenvalue weighted by atomic mass is 79.9. The Bertz CT molecular complexity index is 635. The van der Waals surface area contributed by atoms with Crippen LogP contribution in [0.5, 0.6) is 11.6 Å². The fraction of sp³-hybridized carbons (Fsp3) is 0.267. The molecule has 2 rings (SSSR count). The van der Waals surface area contributed by atoms with Gasteiger partial charge in [0.25, 0.3) is 0 Å². The summed E-state index contributed by atoms with van der Waals surface area (Å²) in [5.74, 6) is 1.14. The van der Waals surface area contributed by atoms with Crippen molar-refractivity contribution in [2.75, 3.05) is 0 Å². The summed E-state index contributed by atoms with van der Waals surface area (Å²) in [5.41, 5.74) is 0.945. The van der Waals surface area contributed by atoms with Crippen molar-refractivity contribution in [1.29, 1.82) is 0 Å². The first-order valence-corrected chi connectivity index (χ1v) is 8.01. The van der Waals surface area contributed by atoms with E-state index in [4.69, 9.17) is 27.9 Å². The van der Waals surface area contributed by atoms with E-state index >= 15 is 0 Å². The lowest BCUT2D eigenvalue weighted by Gasteiger charge is -2.12. The van der Waals surface area contributed by atoms with Crippen LogP contribution in [0.2, 0.25) is 10.0 Å². The number of rotatable bonds is 5. The van der Waals surface area contributed by atoms with Crippen LogP contribution in [0.15, 0.2) is 34.9 Å². The number of nitrogens with zero attached hydrogens (tertiary/aromatic N) is 1. The van der Waals surface area contributed by atoms with E-state index in [0.29, 0.717) is 34.3 Å². The maximum Gasteiger partial charge on any atom is 0.219 e. The summed E-state index contributed by atoms with van der Waals surface area (Å²) in [5, 5.41) is 4.57. The van der Waals surface area contributed by atoms with Crippen molar-refractivity contribution in [2.24, 2.45) is 0 Å². The second-order valence-electron chi connectivity index (χ2n) is 4.83. The van der Waals surface area contributed by atoms with Crippen LogP contribution in [0.1, 0.15) is 19.4 Å². The normalized spacial score (nSPS) is 11.0. The van der Waals surface area contributed by atoms with Crippen LogP contribution >= 0.6 is 39.1 Å². The molecule has 0 aliphatic heterocycles. The van der Waals surface area contributed by atoms with Gasteiger partial charge in [0.2, 0.25) is 5.88 Å². The van der Waals surface area contributed by atoms with Crippen LogP contribution in [-0.4, -0.2) is 11.0 Å². The molecule has 0 radical (unpaired) electrons. The van der Waals surface area contributed by atoms with Crippen molar-refractivity contribution in [1.82, 2.24) is 10.3 Å². The Morgan fingerprint density at radius 1 is 1.29 bits per heavy atom. The van der Waals surface area contributed by atoms with Crippen LogP contribution in [0.4, 0.5) is 0 Å². The molecule has 0 aliphatic carbocycles. The lowest BCUT2D eigenvalue weighted by atomic mass is 10.2. The molecule has 6 heteroatoms. The average molecular weight is 390 g/mol. The number of hydrogen-bond donors (Lipinski definition) is 1. The van der Waals surface area contributed by atoms with Gasteiger partial charge in [0.15, 0.2) is 0 Å². The van der Waals surface area contributed by atoms with E-state index in [1.165, 1.54) is 0 Å². The molecule has 0 saturated carbocycles. The molecule has 0 spiro atoms. The second-order valence-corrected chi connectivity index (χ2v) is 6.52. The summed E-state index contributed by atoms with van der Waals surface area (Å²) < 4.78 is 6.54. The van der Waals surface area contributed by atoms with Gasteiger partial charge in [-0.25, -0.2) is 4.98 Å². The average Bonchev–Trinajstić information content (AvgIpc) is 2.42. The van der Waals surface area contributed by atoms with Crippen LogP contribution in [0, 0.1) is 0 Å². The maximum atomic E-state index is 6.15. The van der Waals surface area contributed by atoms with Gasteiger partial charge in [-0.1, -0.05) is 37.0 Å². The summed E-state index contributed by atoms with van der Waals surface area (Å²) in [6, 6.07) is 7.53. The van der Waals surface area contributed by atoms with Gasteiger partial charge in [-0.05, 0) is 39.7 Å². The fourth-order valence-electron chi connectivity index (χ4n) is 1.63. The van der Waals surface area contributed by atoms with E-state index in [1.807, 2.05) is 6.07 Å². The number of halogens is 3. The molecular formula is C15H15BrCl2N2O. The van der Waals surface area contributed by atoms with Gasteiger partial charge in [-0.2, -0.15) is 0 Å². The minimum Gasteiger partial charge on any atom is -0.438 e. The minimum atomic E-state index is 0.379. The molecule has 0 fully saturated rings. The topological polar surface area (TPSA) is 34.1 Å². The molecule has 0 aliphatic rings. The number of ether oxygens (including phenoxy) is 1. The molecule has 21 heavy (non-hydrogen) atoms. The molecule has 0 amide bonds. The molecule has 1 aromatic carbocycles. The molecule has 112 valence electrons. The van der Waals surface area contributed by atoms with Crippen molar-refractivity contribution in [2.45, 2.75) is 26.4 Å². The summed E-state index contributed by atoms with van der Waals surface area (Å²) in [4.78, 5) is 4.19. The van der Waals surface area contributed by atoms with E-state index in [0.717, 1.165) is 10.0 Å². The Balaban J connectivity index is 2.18. The molecule has 0 unspecified atom stereocenters. The van der Waals surface area contributed by atoms with Gasteiger partial charge < -0.3 is 10.1 Å². The van der Waals surface area contributed by atoms with E-state index in [1.54, 1.807) is 24.4 Å². The third-order valence-corrected chi connectivity index (χ3v) is 3.91.